The van der Waals surface area contributed by atoms with Crippen LogP contribution in [0.2, 0.25) is 5.02 Å². The summed E-state index contributed by atoms with van der Waals surface area (Å²) < 4.78 is 22.7. The van der Waals surface area contributed by atoms with E-state index in [4.69, 9.17) is 30.5 Å². The van der Waals surface area contributed by atoms with Crippen LogP contribution in [0.15, 0.2) is 35.9 Å². The number of fused-ring (bicyclic) bond motifs is 5. The summed E-state index contributed by atoms with van der Waals surface area (Å²) in [6.45, 7) is 5.85. The molecule has 2 N–H and O–H groups in total. The summed E-state index contributed by atoms with van der Waals surface area (Å²) in [5.41, 5.74) is 0.297. The van der Waals surface area contributed by atoms with Crippen LogP contribution in [-0.4, -0.2) is 68.0 Å². The van der Waals surface area contributed by atoms with Crippen molar-refractivity contribution in [2.45, 2.75) is 76.1 Å². The van der Waals surface area contributed by atoms with Gasteiger partial charge in [0.25, 0.3) is 0 Å². The molecule has 6 unspecified atom stereocenters. The van der Waals surface area contributed by atoms with Crippen LogP contribution in [0.1, 0.15) is 45.6 Å². The lowest BCUT2D eigenvalue weighted by molar-refractivity contribution is -0.142. The van der Waals surface area contributed by atoms with E-state index in [1.54, 1.807) is 31.2 Å². The van der Waals surface area contributed by atoms with Crippen LogP contribution in [0.5, 0.6) is 5.75 Å². The molecule has 9 nitrogen and oxygen atoms in total. The van der Waals surface area contributed by atoms with Gasteiger partial charge in [0.2, 0.25) is 5.91 Å². The number of epoxide rings is 1. The van der Waals surface area contributed by atoms with Gasteiger partial charge < -0.3 is 29.0 Å². The maximum atomic E-state index is 13.2. The zero-order chi connectivity index (χ0) is 27.8. The summed E-state index contributed by atoms with van der Waals surface area (Å²) in [5.74, 6) is 0.170. The van der Waals surface area contributed by atoms with E-state index in [9.17, 15) is 14.7 Å². The van der Waals surface area contributed by atoms with Gasteiger partial charge in [-0.2, -0.15) is 0 Å². The van der Waals surface area contributed by atoms with E-state index >= 15 is 0 Å². The summed E-state index contributed by atoms with van der Waals surface area (Å²) in [6.07, 6.45) is 4.46. The number of nitrogens with zero attached hydrogens (tertiary/aromatic N) is 1. The monoisotopic (exact) mass is 548 g/mol. The second-order valence-electron chi connectivity index (χ2n) is 10.7. The normalized spacial score (nSPS) is 34.1. The predicted octanol–water partition coefficient (Wildman–Crippen LogP) is 4.15. The molecule has 2 fully saturated rings. The Balaban J connectivity index is 1.71. The lowest BCUT2D eigenvalue weighted by Crippen LogP contribution is -2.63. The summed E-state index contributed by atoms with van der Waals surface area (Å²) in [6, 6.07) is 3.76. The molecular formula is C28H37ClN2O7. The fraction of sp³-hybridized carbons (Fsp3) is 0.571. The number of carbonyl (C=O) groups excluding carboxylic acids is 2. The van der Waals surface area contributed by atoms with Crippen molar-refractivity contribution >= 4 is 29.3 Å². The molecule has 0 saturated carbocycles. The van der Waals surface area contributed by atoms with Crippen LogP contribution in [-0.2, 0) is 25.4 Å². The van der Waals surface area contributed by atoms with E-state index in [1.165, 1.54) is 7.11 Å². The van der Waals surface area contributed by atoms with E-state index in [2.05, 4.69) is 5.32 Å². The van der Waals surface area contributed by atoms with Gasteiger partial charge in [-0.25, -0.2) is 4.79 Å². The first kappa shape index (κ1) is 28.4. The topological polar surface area (TPSA) is 110 Å². The number of nitrogens with one attached hydrogen (secondary N) is 1. The molecule has 3 heterocycles. The number of hydrogen-bond donors (Lipinski definition) is 2. The Labute approximate surface area is 228 Å². The third kappa shape index (κ3) is 5.71. The van der Waals surface area contributed by atoms with Gasteiger partial charge in [-0.3, -0.25) is 10.1 Å². The Kier molecular flexibility index (Phi) is 8.14. The van der Waals surface area contributed by atoms with Crippen molar-refractivity contribution in [2.75, 3.05) is 26.2 Å². The molecule has 6 atom stereocenters. The minimum Gasteiger partial charge on any atom is -0.495 e. The largest absolute Gasteiger partial charge is 0.495 e. The molecule has 208 valence electrons. The van der Waals surface area contributed by atoms with E-state index in [1.807, 2.05) is 39.0 Å². The highest BCUT2D eigenvalue weighted by Crippen LogP contribution is 2.48. The SMILES string of the molecule is COc1cc2cc(c1Cl)N(C)C(=O)CCC1(C)OC1C(C)C1CC(O)(NC(=O)O1)C(OC)C=CC=C(C)C2. The minimum atomic E-state index is -1.66. The first-order valence-corrected chi connectivity index (χ1v) is 13.2. The summed E-state index contributed by atoms with van der Waals surface area (Å²) in [4.78, 5) is 27.2. The highest BCUT2D eigenvalue weighted by molar-refractivity contribution is 6.35. The first-order valence-electron chi connectivity index (χ1n) is 12.8. The lowest BCUT2D eigenvalue weighted by atomic mass is 9.84. The van der Waals surface area contributed by atoms with E-state index in [-0.39, 0.29) is 30.8 Å². The number of carbonyl (C=O) groups is 2. The number of allylic oxidation sites excluding steroid dienone is 3. The Morgan fingerprint density at radius 1 is 1.26 bits per heavy atom. The van der Waals surface area contributed by atoms with Gasteiger partial charge in [-0.05, 0) is 44.4 Å². The number of amides is 2. The van der Waals surface area contributed by atoms with E-state index < -0.39 is 29.6 Å². The van der Waals surface area contributed by atoms with Gasteiger partial charge in [0.15, 0.2) is 5.72 Å². The van der Waals surface area contributed by atoms with Gasteiger partial charge in [0.1, 0.15) is 23.0 Å². The molecule has 1 aromatic carbocycles. The number of rotatable bonds is 2. The Morgan fingerprint density at radius 2 is 2.00 bits per heavy atom. The maximum absolute atomic E-state index is 13.2. The fourth-order valence-corrected chi connectivity index (χ4v) is 5.78. The zero-order valence-corrected chi connectivity index (χ0v) is 23.5. The maximum Gasteiger partial charge on any atom is 0.409 e. The molecular weight excluding hydrogens is 512 g/mol. The molecule has 2 amide bonds. The smallest absolute Gasteiger partial charge is 0.409 e. The van der Waals surface area contributed by atoms with Crippen LogP contribution in [0.4, 0.5) is 10.5 Å². The summed E-state index contributed by atoms with van der Waals surface area (Å²) >= 11 is 6.61. The molecule has 0 spiro atoms. The third-order valence-electron chi connectivity index (χ3n) is 7.84. The lowest BCUT2D eigenvalue weighted by Gasteiger charge is -2.42. The highest BCUT2D eigenvalue weighted by Gasteiger charge is 2.58. The number of ether oxygens (including phenoxy) is 4. The van der Waals surface area contributed by atoms with Crippen molar-refractivity contribution in [2.24, 2.45) is 5.92 Å². The number of alkyl carbamates (subject to hydrolysis) is 1. The average Bonchev–Trinajstić information content (AvgIpc) is 3.55. The van der Waals surface area contributed by atoms with Crippen LogP contribution in [0.3, 0.4) is 0 Å². The van der Waals surface area contributed by atoms with Crippen LogP contribution >= 0.6 is 11.6 Å². The average molecular weight is 549 g/mol. The standard InChI is InChI=1S/C28H37ClN2O7/c1-16-8-7-9-22(36-6)28(34)15-21(37-26(33)30-28)17(2)25-27(3,38-25)11-10-23(32)31(4)19-13-18(12-16)14-20(35-5)24(19)29/h7-9,13-14,17,21-22,25,34H,10-12,15H2,1-6H3,(H,30,33). The molecule has 4 bridgehead atoms. The number of hydrogen-bond acceptors (Lipinski definition) is 7. The molecule has 4 rings (SSSR count). The van der Waals surface area contributed by atoms with E-state index in [0.717, 1.165) is 11.1 Å². The quantitative estimate of drug-likeness (QED) is 0.534. The van der Waals surface area contributed by atoms with Crippen molar-refractivity contribution in [1.29, 1.82) is 0 Å². The van der Waals surface area contributed by atoms with Gasteiger partial charge in [-0.15, -0.1) is 0 Å². The highest BCUT2D eigenvalue weighted by atomic mass is 35.5. The summed E-state index contributed by atoms with van der Waals surface area (Å²) in [7, 11) is 4.73. The van der Waals surface area contributed by atoms with Crippen LogP contribution in [0.25, 0.3) is 0 Å². The first-order chi connectivity index (χ1) is 17.9. The van der Waals surface area contributed by atoms with Crippen LogP contribution in [0, 0.1) is 5.92 Å². The molecule has 3 aliphatic rings. The minimum absolute atomic E-state index is 0.104. The van der Waals surface area contributed by atoms with Crippen molar-refractivity contribution in [3.05, 3.63) is 46.5 Å². The Hall–Kier alpha value is -2.59. The van der Waals surface area contributed by atoms with Crippen molar-refractivity contribution in [3.8, 4) is 5.75 Å². The number of benzene rings is 1. The van der Waals surface area contributed by atoms with Gasteiger partial charge in [0, 0.05) is 32.9 Å². The van der Waals surface area contributed by atoms with Gasteiger partial charge in [-0.1, -0.05) is 42.3 Å². The predicted molar refractivity (Wildman–Crippen MR) is 143 cm³/mol. The molecule has 0 radical (unpaired) electrons. The molecule has 3 aliphatic heterocycles. The number of aliphatic hydroxyl groups is 1. The Bertz CT molecular complexity index is 1150. The number of methoxy groups -OCH3 is 2. The molecule has 10 heteroatoms. The van der Waals surface area contributed by atoms with Crippen molar-refractivity contribution in [3.63, 3.8) is 0 Å². The molecule has 2 saturated heterocycles. The fourth-order valence-electron chi connectivity index (χ4n) is 5.46. The summed E-state index contributed by atoms with van der Waals surface area (Å²) in [5, 5.41) is 14.3. The molecule has 0 aromatic heterocycles. The van der Waals surface area contributed by atoms with Crippen molar-refractivity contribution < 1.29 is 33.6 Å². The zero-order valence-electron chi connectivity index (χ0n) is 22.7. The van der Waals surface area contributed by atoms with E-state index in [0.29, 0.717) is 29.3 Å². The van der Waals surface area contributed by atoms with Crippen LogP contribution < -0.4 is 15.0 Å². The number of halogens is 1. The Morgan fingerprint density at radius 3 is 2.68 bits per heavy atom. The van der Waals surface area contributed by atoms with Gasteiger partial charge in [0.05, 0.1) is 24.5 Å². The second kappa shape index (κ2) is 10.9. The molecule has 38 heavy (non-hydrogen) atoms. The molecule has 0 aliphatic carbocycles. The second-order valence-corrected chi connectivity index (χ2v) is 11.1. The third-order valence-corrected chi connectivity index (χ3v) is 8.22. The van der Waals surface area contributed by atoms with Crippen molar-refractivity contribution in [1.82, 2.24) is 5.32 Å². The number of anilines is 1. The molecule has 1 aromatic rings. The van der Waals surface area contributed by atoms with Gasteiger partial charge >= 0.3 is 6.09 Å².